The van der Waals surface area contributed by atoms with Gasteiger partial charge in [-0.3, -0.25) is 9.59 Å². The van der Waals surface area contributed by atoms with E-state index in [1.54, 1.807) is 0 Å². The van der Waals surface area contributed by atoms with Gasteiger partial charge in [0.2, 0.25) is 0 Å². The Morgan fingerprint density at radius 3 is 1.15 bits per heavy atom. The molecule has 4 saturated carbocycles. The Labute approximate surface area is 311 Å². The van der Waals surface area contributed by atoms with Crippen molar-refractivity contribution < 1.29 is 47.6 Å². The third kappa shape index (κ3) is 12.4. The monoisotopic (exact) mass is 728 g/mol. The number of hydrogen-bond acceptors (Lipinski definition) is 10. The van der Waals surface area contributed by atoms with E-state index in [0.717, 1.165) is 77.0 Å². The number of carbonyl (C=O) groups excluding carboxylic acids is 4. The van der Waals surface area contributed by atoms with Crippen molar-refractivity contribution in [3.8, 4) is 0 Å². The van der Waals surface area contributed by atoms with E-state index >= 15 is 0 Å². The second-order valence-corrected chi connectivity index (χ2v) is 16.2. The minimum Gasteiger partial charge on any atom is -0.463 e. The van der Waals surface area contributed by atoms with Gasteiger partial charge in [-0.25, -0.2) is 9.59 Å². The first kappa shape index (κ1) is 40.5. The predicted molar refractivity (Wildman–Crippen MR) is 194 cm³/mol. The maximum absolute atomic E-state index is 13.3. The summed E-state index contributed by atoms with van der Waals surface area (Å²) in [4.78, 5) is 49.0. The molecule has 2 atom stereocenters. The van der Waals surface area contributed by atoms with Gasteiger partial charge in [-0.1, -0.05) is 38.8 Å². The highest BCUT2D eigenvalue weighted by Crippen LogP contribution is 2.44. The lowest BCUT2D eigenvalue weighted by Gasteiger charge is -2.38. The second-order valence-electron chi connectivity index (χ2n) is 16.2. The van der Waals surface area contributed by atoms with Crippen LogP contribution in [0.2, 0.25) is 0 Å². The smallest absolute Gasteiger partial charge is 0.330 e. The topological polar surface area (TPSA) is 124 Å². The van der Waals surface area contributed by atoms with Crippen LogP contribution in [0.15, 0.2) is 25.3 Å². The average Bonchev–Trinajstić information content (AvgIpc) is 3.19. The Hall–Kier alpha value is -2.72. The largest absolute Gasteiger partial charge is 0.463 e. The molecule has 0 aromatic heterocycles. The summed E-state index contributed by atoms with van der Waals surface area (Å²) in [5.41, 5.74) is 0. The average molecular weight is 729 g/mol. The van der Waals surface area contributed by atoms with Crippen LogP contribution in [0.25, 0.3) is 0 Å². The molecule has 1 heterocycles. The van der Waals surface area contributed by atoms with Gasteiger partial charge < -0.3 is 28.4 Å². The fraction of sp³-hybridized carbons (Fsp3) is 0.810. The van der Waals surface area contributed by atoms with E-state index in [1.807, 2.05) is 0 Å². The zero-order chi connectivity index (χ0) is 36.7. The summed E-state index contributed by atoms with van der Waals surface area (Å²) in [6.07, 6.45) is 21.6. The van der Waals surface area contributed by atoms with E-state index in [4.69, 9.17) is 28.4 Å². The standard InChI is InChI=1S/C42H64O10/c1-3-37(43)47-25-5-7-29-9-13-31(14-10-29)33-17-21-35(22-18-33)39(45)51-41-42(50-28-27-49-41)52-40(46)36-23-19-34(20-24-36)32-15-11-30(12-16-32)8-6-26-48-38(44)4-2/h3-4,29-36,41-42H,1-2,5-28H2/t29-,30-,31-,32-,33?,34?,35?,36?,41-,42-/m1/s1. The molecule has 4 aliphatic carbocycles. The molecule has 1 aliphatic heterocycles. The van der Waals surface area contributed by atoms with Crippen LogP contribution in [0.1, 0.15) is 128 Å². The summed E-state index contributed by atoms with van der Waals surface area (Å²) in [5.74, 6) is 2.57. The molecule has 1 saturated heterocycles. The van der Waals surface area contributed by atoms with Crippen LogP contribution < -0.4 is 0 Å². The number of esters is 4. The first-order chi connectivity index (χ1) is 25.3. The summed E-state index contributed by atoms with van der Waals surface area (Å²) >= 11 is 0. The summed E-state index contributed by atoms with van der Waals surface area (Å²) in [6, 6.07) is 0. The van der Waals surface area contributed by atoms with Crippen molar-refractivity contribution in [1.82, 2.24) is 0 Å². The van der Waals surface area contributed by atoms with E-state index < -0.39 is 12.6 Å². The van der Waals surface area contributed by atoms with Crippen molar-refractivity contribution >= 4 is 23.9 Å². The Balaban J connectivity index is 0.953. The van der Waals surface area contributed by atoms with Gasteiger partial charge in [0.1, 0.15) is 0 Å². The van der Waals surface area contributed by atoms with Crippen molar-refractivity contribution in [2.24, 2.45) is 47.3 Å². The molecule has 0 radical (unpaired) electrons. The fourth-order valence-corrected chi connectivity index (χ4v) is 9.84. The van der Waals surface area contributed by atoms with Crippen molar-refractivity contribution in [2.75, 3.05) is 26.4 Å². The van der Waals surface area contributed by atoms with Crippen molar-refractivity contribution in [2.45, 2.75) is 141 Å². The summed E-state index contributed by atoms with van der Waals surface area (Å²) < 4.78 is 33.4. The Kier molecular flexibility index (Phi) is 16.5. The number of rotatable bonds is 16. The summed E-state index contributed by atoms with van der Waals surface area (Å²) in [7, 11) is 0. The molecule has 52 heavy (non-hydrogen) atoms. The van der Waals surface area contributed by atoms with E-state index in [0.29, 0.717) is 48.7 Å². The normalized spacial score (nSPS) is 33.9. The quantitative estimate of drug-likeness (QED) is 0.0668. The predicted octanol–water partition coefficient (Wildman–Crippen LogP) is 8.02. The van der Waals surface area contributed by atoms with Gasteiger partial charge in [-0.05, 0) is 138 Å². The molecule has 0 aromatic carbocycles. The maximum atomic E-state index is 13.3. The van der Waals surface area contributed by atoms with E-state index in [9.17, 15) is 19.2 Å². The Morgan fingerprint density at radius 1 is 0.500 bits per heavy atom. The SMILES string of the molecule is C=CC(=O)OCCC[C@H]1CC[C@H](C2CCC(C(=O)O[C@H]3OCCO[C@@H]3OC(=O)C3CCC([C@H]4CC[C@H](CCCOC(=O)C=C)CC4)CC3)CC2)CC1. The molecule has 292 valence electrons. The van der Waals surface area contributed by atoms with Gasteiger partial charge in [-0.15, -0.1) is 0 Å². The second kappa shape index (κ2) is 21.2. The molecule has 5 aliphatic rings. The number of hydrogen-bond donors (Lipinski definition) is 0. The van der Waals surface area contributed by atoms with Gasteiger partial charge in [-0.2, -0.15) is 0 Å². The molecule has 0 spiro atoms. The zero-order valence-corrected chi connectivity index (χ0v) is 31.4. The summed E-state index contributed by atoms with van der Waals surface area (Å²) in [5, 5.41) is 0. The van der Waals surface area contributed by atoms with E-state index in [1.165, 1.54) is 63.5 Å². The summed E-state index contributed by atoms with van der Waals surface area (Å²) in [6.45, 7) is 8.39. The Bertz CT molecular complexity index is 1060. The molecule has 10 nitrogen and oxygen atoms in total. The fourth-order valence-electron chi connectivity index (χ4n) is 9.84. The van der Waals surface area contributed by atoms with Crippen LogP contribution in [-0.4, -0.2) is 62.9 Å². The maximum Gasteiger partial charge on any atom is 0.330 e. The highest BCUT2D eigenvalue weighted by molar-refractivity contribution is 5.81. The molecule has 0 unspecified atom stereocenters. The lowest BCUT2D eigenvalue weighted by molar-refractivity contribution is -0.305. The van der Waals surface area contributed by atoms with Crippen molar-refractivity contribution in [3.63, 3.8) is 0 Å². The van der Waals surface area contributed by atoms with Gasteiger partial charge in [0.05, 0.1) is 38.3 Å². The zero-order valence-electron chi connectivity index (χ0n) is 31.4. The van der Waals surface area contributed by atoms with Gasteiger partial charge in [0.15, 0.2) is 0 Å². The van der Waals surface area contributed by atoms with Crippen LogP contribution in [0, 0.1) is 47.3 Å². The molecule has 5 rings (SSSR count). The van der Waals surface area contributed by atoms with Gasteiger partial charge >= 0.3 is 23.9 Å². The van der Waals surface area contributed by atoms with Crippen LogP contribution >= 0.6 is 0 Å². The first-order valence-electron chi connectivity index (χ1n) is 20.6. The first-order valence-corrected chi connectivity index (χ1v) is 20.6. The molecule has 0 bridgehead atoms. The molecular weight excluding hydrogens is 664 g/mol. The molecule has 5 fully saturated rings. The molecular formula is C42H64O10. The lowest BCUT2D eigenvalue weighted by atomic mass is 9.68. The number of carbonyl (C=O) groups is 4. The third-order valence-corrected chi connectivity index (χ3v) is 13.0. The molecule has 0 aromatic rings. The van der Waals surface area contributed by atoms with Gasteiger partial charge in [0.25, 0.3) is 12.6 Å². The molecule has 0 N–H and O–H groups in total. The van der Waals surface area contributed by atoms with Gasteiger partial charge in [0, 0.05) is 12.2 Å². The highest BCUT2D eigenvalue weighted by Gasteiger charge is 2.40. The highest BCUT2D eigenvalue weighted by atomic mass is 16.8. The van der Waals surface area contributed by atoms with Crippen LogP contribution in [0.4, 0.5) is 0 Å². The lowest BCUT2D eigenvalue weighted by Crippen LogP contribution is -2.46. The Morgan fingerprint density at radius 2 is 0.827 bits per heavy atom. The molecule has 0 amide bonds. The van der Waals surface area contributed by atoms with E-state index in [-0.39, 0.29) is 48.9 Å². The van der Waals surface area contributed by atoms with Crippen LogP contribution in [-0.2, 0) is 47.6 Å². The molecule has 10 heteroatoms. The third-order valence-electron chi connectivity index (χ3n) is 13.0. The number of ether oxygens (including phenoxy) is 6. The van der Waals surface area contributed by atoms with E-state index in [2.05, 4.69) is 13.2 Å². The van der Waals surface area contributed by atoms with Crippen molar-refractivity contribution in [1.29, 1.82) is 0 Å². The van der Waals surface area contributed by atoms with Crippen LogP contribution in [0.3, 0.4) is 0 Å². The minimum absolute atomic E-state index is 0.167. The minimum atomic E-state index is -1.03. The van der Waals surface area contributed by atoms with Crippen LogP contribution in [0.5, 0.6) is 0 Å². The van der Waals surface area contributed by atoms with Crippen molar-refractivity contribution in [3.05, 3.63) is 25.3 Å².